The predicted molar refractivity (Wildman–Crippen MR) is 186 cm³/mol. The molecule has 0 radical (unpaired) electrons. The molecule has 0 saturated carbocycles. The fourth-order valence-electron chi connectivity index (χ4n) is 6.39. The molecule has 4 aromatic rings. The summed E-state index contributed by atoms with van der Waals surface area (Å²) < 4.78 is 30.1. The molecule has 0 amide bonds. The SMILES string of the molecule is CC(=O)OC[C@@H]1O[C@@H](n2c(-c3ccccc3)c(C(C)=O)c(-c3cccc4ccccc34)c(C#N)c2=S)[C@H](OC(C)=O)[C@H](OC(C)=O)[C@@H]1OC(C)=O. The van der Waals surface area contributed by atoms with Crippen molar-refractivity contribution in [3.8, 4) is 28.5 Å². The van der Waals surface area contributed by atoms with E-state index in [9.17, 15) is 29.2 Å². The lowest BCUT2D eigenvalue weighted by Crippen LogP contribution is -2.60. The van der Waals surface area contributed by atoms with E-state index in [-0.39, 0.29) is 27.0 Å². The van der Waals surface area contributed by atoms with Crippen molar-refractivity contribution in [1.82, 2.24) is 4.57 Å². The summed E-state index contributed by atoms with van der Waals surface area (Å²) in [7, 11) is 0. The number of fused-ring (bicyclic) bond motifs is 1. The van der Waals surface area contributed by atoms with Crippen LogP contribution in [0.15, 0.2) is 72.8 Å². The summed E-state index contributed by atoms with van der Waals surface area (Å²) in [6, 6.07) is 24.0. The van der Waals surface area contributed by atoms with Crippen molar-refractivity contribution < 1.29 is 47.7 Å². The van der Waals surface area contributed by atoms with Gasteiger partial charge >= 0.3 is 23.9 Å². The molecule has 0 spiro atoms. The number of pyridine rings is 1. The lowest BCUT2D eigenvalue weighted by atomic mass is 9.87. The minimum Gasteiger partial charge on any atom is -0.463 e. The lowest BCUT2D eigenvalue weighted by Gasteiger charge is -2.45. The second kappa shape index (κ2) is 15.5. The fourth-order valence-corrected chi connectivity index (χ4v) is 6.73. The number of rotatable bonds is 9. The van der Waals surface area contributed by atoms with Crippen LogP contribution >= 0.6 is 12.2 Å². The minimum absolute atomic E-state index is 0.0564. The first kappa shape index (κ1) is 36.6. The topological polar surface area (TPSA) is 160 Å². The molecule has 51 heavy (non-hydrogen) atoms. The van der Waals surface area contributed by atoms with Gasteiger partial charge in [-0.1, -0.05) is 85.0 Å². The van der Waals surface area contributed by atoms with Crippen LogP contribution in [0, 0.1) is 16.0 Å². The Hall–Kier alpha value is -5.71. The van der Waals surface area contributed by atoms with Gasteiger partial charge in [0.25, 0.3) is 0 Å². The van der Waals surface area contributed by atoms with Gasteiger partial charge in [0.15, 0.2) is 30.3 Å². The molecule has 1 aliphatic heterocycles. The zero-order valence-electron chi connectivity index (χ0n) is 28.4. The zero-order valence-corrected chi connectivity index (χ0v) is 29.2. The van der Waals surface area contributed by atoms with E-state index >= 15 is 0 Å². The molecule has 1 saturated heterocycles. The molecular weight excluding hydrogens is 676 g/mol. The third-order valence-corrected chi connectivity index (χ3v) is 8.60. The number of benzene rings is 3. The summed E-state index contributed by atoms with van der Waals surface area (Å²) in [6.45, 7) is 5.40. The second-order valence-corrected chi connectivity index (χ2v) is 12.2. The summed E-state index contributed by atoms with van der Waals surface area (Å²) >= 11 is 6.08. The smallest absolute Gasteiger partial charge is 0.303 e. The largest absolute Gasteiger partial charge is 0.463 e. The normalized spacial score (nSPS) is 19.7. The number of hydrogen-bond acceptors (Lipinski definition) is 12. The van der Waals surface area contributed by atoms with E-state index in [1.807, 2.05) is 36.4 Å². The van der Waals surface area contributed by atoms with Gasteiger partial charge in [-0.3, -0.25) is 24.0 Å². The first-order valence-electron chi connectivity index (χ1n) is 15.9. The molecule has 1 aliphatic rings. The van der Waals surface area contributed by atoms with E-state index < -0.39 is 66.9 Å². The zero-order chi connectivity index (χ0) is 37.0. The highest BCUT2D eigenvalue weighted by molar-refractivity contribution is 7.71. The summed E-state index contributed by atoms with van der Waals surface area (Å²) in [5.74, 6) is -3.54. The van der Waals surface area contributed by atoms with E-state index in [0.717, 1.165) is 31.5 Å². The van der Waals surface area contributed by atoms with Gasteiger partial charge in [0.05, 0.1) is 16.8 Å². The fraction of sp³-hybridized carbons (Fsp3) is 0.289. The minimum atomic E-state index is -1.56. The van der Waals surface area contributed by atoms with Gasteiger partial charge < -0.3 is 28.3 Å². The molecule has 3 aromatic carbocycles. The van der Waals surface area contributed by atoms with Crippen molar-refractivity contribution in [2.75, 3.05) is 6.61 Å². The van der Waals surface area contributed by atoms with Crippen molar-refractivity contribution in [2.45, 2.75) is 65.3 Å². The standard InChI is InChI=1S/C38H34N2O10S/c1-20(41)31-32(28-17-11-15-25-12-9-10-16-27(25)28)29(18-39)38(51)40(33(31)26-13-7-6-8-14-26)37-36(49-24(5)45)35(48-23(4)44)34(47-22(3)43)30(50-37)19-46-21(2)42/h6-17,30,34-37H,19H2,1-5H3/t30-,34+,35+,36+,37+/m0/s1. The van der Waals surface area contributed by atoms with Crippen LogP contribution in [0.1, 0.15) is 56.8 Å². The summed E-state index contributed by atoms with van der Waals surface area (Å²) in [5, 5.41) is 12.4. The number of carbonyl (C=O) groups excluding carboxylic acids is 5. The number of Topliss-reactive ketones (excluding diaryl/α,β-unsaturated/α-hetero) is 1. The Bertz CT molecular complexity index is 2130. The van der Waals surface area contributed by atoms with Crippen LogP contribution < -0.4 is 0 Å². The maximum atomic E-state index is 14.0. The average molecular weight is 711 g/mol. The molecule has 262 valence electrons. The maximum Gasteiger partial charge on any atom is 0.303 e. The number of ether oxygens (including phenoxy) is 5. The maximum absolute atomic E-state index is 14.0. The Morgan fingerprint density at radius 1 is 0.765 bits per heavy atom. The number of aromatic nitrogens is 1. The van der Waals surface area contributed by atoms with E-state index in [1.54, 1.807) is 36.4 Å². The highest BCUT2D eigenvalue weighted by Crippen LogP contribution is 2.44. The number of ketones is 1. The molecular formula is C38H34N2O10S. The molecule has 5 rings (SSSR count). The van der Waals surface area contributed by atoms with Gasteiger partial charge in [-0.05, 0) is 28.8 Å². The Labute approximate surface area is 298 Å². The number of nitrogens with zero attached hydrogens (tertiary/aromatic N) is 2. The third kappa shape index (κ3) is 7.57. The Morgan fingerprint density at radius 2 is 1.35 bits per heavy atom. The summed E-state index contributed by atoms with van der Waals surface area (Å²) in [6.07, 6.45) is -7.36. The number of esters is 4. The third-order valence-electron chi connectivity index (χ3n) is 8.20. The van der Waals surface area contributed by atoms with Crippen LogP contribution in [-0.2, 0) is 42.9 Å². The Morgan fingerprint density at radius 3 is 1.96 bits per heavy atom. The monoisotopic (exact) mass is 710 g/mol. The number of carbonyl (C=O) groups is 5. The molecule has 1 aromatic heterocycles. The van der Waals surface area contributed by atoms with Crippen molar-refractivity contribution >= 4 is 52.7 Å². The van der Waals surface area contributed by atoms with Gasteiger partial charge in [0.1, 0.15) is 23.4 Å². The molecule has 2 heterocycles. The molecule has 0 bridgehead atoms. The van der Waals surface area contributed by atoms with E-state index in [2.05, 4.69) is 6.07 Å². The Balaban J connectivity index is 1.93. The van der Waals surface area contributed by atoms with Crippen LogP contribution in [0.25, 0.3) is 33.2 Å². The van der Waals surface area contributed by atoms with Gasteiger partial charge in [-0.15, -0.1) is 0 Å². The van der Waals surface area contributed by atoms with Crippen molar-refractivity contribution in [1.29, 1.82) is 5.26 Å². The molecule has 5 atom stereocenters. The van der Waals surface area contributed by atoms with Crippen LogP contribution in [0.2, 0.25) is 0 Å². The molecule has 13 heteroatoms. The number of hydrogen-bond donors (Lipinski definition) is 0. The Kier molecular flexibility index (Phi) is 11.1. The first-order chi connectivity index (χ1) is 24.3. The average Bonchev–Trinajstić information content (AvgIpc) is 3.08. The molecule has 1 fully saturated rings. The molecule has 0 N–H and O–H groups in total. The van der Waals surface area contributed by atoms with Crippen molar-refractivity contribution in [3.63, 3.8) is 0 Å². The lowest BCUT2D eigenvalue weighted by molar-refractivity contribution is -0.268. The highest BCUT2D eigenvalue weighted by atomic mass is 32.1. The van der Waals surface area contributed by atoms with E-state index in [1.165, 1.54) is 18.4 Å². The molecule has 0 aliphatic carbocycles. The summed E-state index contributed by atoms with van der Waals surface area (Å²) in [5.41, 5.74) is 1.59. The first-order valence-corrected chi connectivity index (χ1v) is 16.3. The second-order valence-electron chi connectivity index (χ2n) is 11.8. The van der Waals surface area contributed by atoms with Gasteiger partial charge in [-0.2, -0.15) is 5.26 Å². The van der Waals surface area contributed by atoms with Gasteiger partial charge in [0.2, 0.25) is 0 Å². The number of nitriles is 1. The molecule has 12 nitrogen and oxygen atoms in total. The van der Waals surface area contributed by atoms with Crippen LogP contribution in [0.3, 0.4) is 0 Å². The van der Waals surface area contributed by atoms with Crippen molar-refractivity contribution in [2.24, 2.45) is 0 Å². The van der Waals surface area contributed by atoms with E-state index in [0.29, 0.717) is 11.1 Å². The van der Waals surface area contributed by atoms with Gasteiger partial charge in [-0.25, -0.2) is 0 Å². The summed E-state index contributed by atoms with van der Waals surface area (Å²) in [4.78, 5) is 63.6. The predicted octanol–water partition coefficient (Wildman–Crippen LogP) is 6.03. The van der Waals surface area contributed by atoms with Crippen molar-refractivity contribution in [3.05, 3.63) is 88.6 Å². The quantitative estimate of drug-likeness (QED) is 0.0860. The van der Waals surface area contributed by atoms with Crippen LogP contribution in [0.5, 0.6) is 0 Å². The van der Waals surface area contributed by atoms with E-state index in [4.69, 9.17) is 35.9 Å². The van der Waals surface area contributed by atoms with Gasteiger partial charge in [0, 0.05) is 33.3 Å². The highest BCUT2D eigenvalue weighted by Gasteiger charge is 2.53. The van der Waals surface area contributed by atoms with Crippen LogP contribution in [0.4, 0.5) is 0 Å². The van der Waals surface area contributed by atoms with Crippen LogP contribution in [-0.4, -0.2) is 65.3 Å². The molecule has 0 unspecified atom stereocenters.